The molecule has 0 aliphatic carbocycles. The van der Waals surface area contributed by atoms with Gasteiger partial charge in [-0.15, -0.1) is 0 Å². The average Bonchev–Trinajstić information content (AvgIpc) is 2.36. The van der Waals surface area contributed by atoms with Crippen molar-refractivity contribution in [3.8, 4) is 0 Å². The van der Waals surface area contributed by atoms with Crippen LogP contribution in [0.25, 0.3) is 0 Å². The molecule has 0 aromatic carbocycles. The smallest absolute Gasteiger partial charge is 0.151 e. The second kappa shape index (κ2) is 7.43. The van der Waals surface area contributed by atoms with Crippen LogP contribution < -0.4 is 5.73 Å². The molecule has 18 heavy (non-hydrogen) atoms. The third-order valence-corrected chi connectivity index (χ3v) is 5.44. The van der Waals surface area contributed by atoms with Crippen LogP contribution in [-0.2, 0) is 9.84 Å². The molecule has 0 saturated carbocycles. The Morgan fingerprint density at radius 1 is 1.17 bits per heavy atom. The van der Waals surface area contributed by atoms with Gasteiger partial charge >= 0.3 is 0 Å². The normalized spacial score (nSPS) is 21.1. The van der Waals surface area contributed by atoms with Gasteiger partial charge in [0.25, 0.3) is 0 Å². The SMILES string of the molecule is CCCS(=O)(=O)CCN1CCN(C(C)CN)CC1. The van der Waals surface area contributed by atoms with Gasteiger partial charge in [-0.3, -0.25) is 9.80 Å². The molecule has 5 nitrogen and oxygen atoms in total. The molecule has 1 rings (SSSR count). The molecule has 1 atom stereocenters. The van der Waals surface area contributed by atoms with E-state index in [1.807, 2.05) is 6.92 Å². The fourth-order valence-electron chi connectivity index (χ4n) is 2.26. The van der Waals surface area contributed by atoms with Crippen LogP contribution in [0.2, 0.25) is 0 Å². The van der Waals surface area contributed by atoms with Gasteiger partial charge in [-0.05, 0) is 13.3 Å². The molecule has 0 aromatic heterocycles. The number of sulfone groups is 1. The Balaban J connectivity index is 2.28. The van der Waals surface area contributed by atoms with Gasteiger partial charge in [0.1, 0.15) is 0 Å². The van der Waals surface area contributed by atoms with Crippen LogP contribution in [-0.4, -0.2) is 75.0 Å². The minimum absolute atomic E-state index is 0.299. The summed E-state index contributed by atoms with van der Waals surface area (Å²) in [7, 11) is -2.84. The lowest BCUT2D eigenvalue weighted by atomic mass is 10.2. The van der Waals surface area contributed by atoms with Crippen LogP contribution in [0.3, 0.4) is 0 Å². The topological polar surface area (TPSA) is 66.6 Å². The van der Waals surface area contributed by atoms with Crippen molar-refractivity contribution in [2.24, 2.45) is 5.73 Å². The summed E-state index contributed by atoms with van der Waals surface area (Å²) in [4.78, 5) is 4.62. The quantitative estimate of drug-likeness (QED) is 0.697. The molecule has 1 aliphatic rings. The van der Waals surface area contributed by atoms with Gasteiger partial charge in [-0.1, -0.05) is 6.92 Å². The van der Waals surface area contributed by atoms with Crippen molar-refractivity contribution in [2.45, 2.75) is 26.3 Å². The third-order valence-electron chi connectivity index (χ3n) is 3.60. The molecule has 0 amide bonds. The maximum Gasteiger partial charge on any atom is 0.151 e. The van der Waals surface area contributed by atoms with E-state index in [-0.39, 0.29) is 0 Å². The molecule has 0 bridgehead atoms. The number of hydrogen-bond acceptors (Lipinski definition) is 5. The highest BCUT2D eigenvalue weighted by Crippen LogP contribution is 2.06. The third kappa shape index (κ3) is 5.22. The highest BCUT2D eigenvalue weighted by Gasteiger charge is 2.21. The molecule has 0 spiro atoms. The zero-order valence-corrected chi connectivity index (χ0v) is 12.5. The summed E-state index contributed by atoms with van der Waals surface area (Å²) in [5, 5.41) is 0. The van der Waals surface area contributed by atoms with Gasteiger partial charge in [0.2, 0.25) is 0 Å². The Labute approximate surface area is 111 Å². The van der Waals surface area contributed by atoms with Crippen molar-refractivity contribution in [1.29, 1.82) is 0 Å². The van der Waals surface area contributed by atoms with Gasteiger partial charge in [0.05, 0.1) is 5.75 Å². The molecule has 0 radical (unpaired) electrons. The van der Waals surface area contributed by atoms with E-state index in [2.05, 4.69) is 16.7 Å². The lowest BCUT2D eigenvalue weighted by Gasteiger charge is -2.37. The lowest BCUT2D eigenvalue weighted by molar-refractivity contribution is 0.109. The molecule has 1 fully saturated rings. The second-order valence-electron chi connectivity index (χ2n) is 5.11. The summed E-state index contributed by atoms with van der Waals surface area (Å²) in [6.07, 6.45) is 0.712. The molecule has 1 heterocycles. The van der Waals surface area contributed by atoms with Gasteiger partial charge in [0.15, 0.2) is 9.84 Å². The molecular weight excluding hydrogens is 250 g/mol. The van der Waals surface area contributed by atoms with E-state index in [9.17, 15) is 8.42 Å². The fraction of sp³-hybridized carbons (Fsp3) is 1.00. The summed E-state index contributed by atoms with van der Waals surface area (Å²) in [6.45, 7) is 9.29. The number of piperazine rings is 1. The minimum atomic E-state index is -2.84. The summed E-state index contributed by atoms with van der Waals surface area (Å²) in [5.41, 5.74) is 5.65. The van der Waals surface area contributed by atoms with Crippen LogP contribution in [0.1, 0.15) is 20.3 Å². The number of nitrogens with zero attached hydrogens (tertiary/aromatic N) is 2. The molecule has 2 N–H and O–H groups in total. The van der Waals surface area contributed by atoms with Crippen molar-refractivity contribution in [3.05, 3.63) is 0 Å². The van der Waals surface area contributed by atoms with E-state index in [1.165, 1.54) is 0 Å². The Morgan fingerprint density at radius 3 is 2.28 bits per heavy atom. The van der Waals surface area contributed by atoms with E-state index in [0.29, 0.717) is 37.1 Å². The van der Waals surface area contributed by atoms with E-state index in [1.54, 1.807) is 0 Å². The molecule has 108 valence electrons. The predicted molar refractivity (Wildman–Crippen MR) is 75.5 cm³/mol. The van der Waals surface area contributed by atoms with Gasteiger partial charge in [0, 0.05) is 51.1 Å². The van der Waals surface area contributed by atoms with Crippen LogP contribution in [0.5, 0.6) is 0 Å². The Bertz CT molecular complexity index is 324. The maximum absolute atomic E-state index is 11.6. The number of nitrogens with two attached hydrogens (primary N) is 1. The minimum Gasteiger partial charge on any atom is -0.329 e. The van der Waals surface area contributed by atoms with E-state index < -0.39 is 9.84 Å². The Hall–Kier alpha value is -0.170. The van der Waals surface area contributed by atoms with E-state index in [0.717, 1.165) is 26.2 Å². The highest BCUT2D eigenvalue weighted by molar-refractivity contribution is 7.91. The van der Waals surface area contributed by atoms with Crippen molar-refractivity contribution in [1.82, 2.24) is 9.80 Å². The summed E-state index contributed by atoms with van der Waals surface area (Å²) in [5.74, 6) is 0.616. The number of rotatable bonds is 7. The molecule has 1 aliphatic heterocycles. The van der Waals surface area contributed by atoms with Crippen LogP contribution in [0.4, 0.5) is 0 Å². The van der Waals surface area contributed by atoms with Gasteiger partial charge in [-0.2, -0.15) is 0 Å². The van der Waals surface area contributed by atoms with Crippen LogP contribution >= 0.6 is 0 Å². The van der Waals surface area contributed by atoms with Crippen molar-refractivity contribution in [3.63, 3.8) is 0 Å². The van der Waals surface area contributed by atoms with Crippen molar-refractivity contribution >= 4 is 9.84 Å². The molecular formula is C12H27N3O2S. The molecule has 1 unspecified atom stereocenters. The Morgan fingerprint density at radius 2 is 1.78 bits per heavy atom. The lowest BCUT2D eigenvalue weighted by Crippen LogP contribution is -2.52. The summed E-state index contributed by atoms with van der Waals surface area (Å²) < 4.78 is 23.3. The number of hydrogen-bond donors (Lipinski definition) is 1. The Kier molecular flexibility index (Phi) is 6.55. The van der Waals surface area contributed by atoms with Gasteiger partial charge < -0.3 is 5.73 Å². The zero-order chi connectivity index (χ0) is 13.6. The second-order valence-corrected chi connectivity index (χ2v) is 7.42. The van der Waals surface area contributed by atoms with E-state index in [4.69, 9.17) is 5.73 Å². The van der Waals surface area contributed by atoms with Crippen LogP contribution in [0.15, 0.2) is 0 Å². The maximum atomic E-state index is 11.6. The fourth-order valence-corrected chi connectivity index (χ4v) is 3.62. The highest BCUT2D eigenvalue weighted by atomic mass is 32.2. The molecule has 0 aromatic rings. The largest absolute Gasteiger partial charge is 0.329 e. The monoisotopic (exact) mass is 277 g/mol. The summed E-state index contributed by atoms with van der Waals surface area (Å²) in [6, 6.07) is 0.427. The van der Waals surface area contributed by atoms with E-state index >= 15 is 0 Å². The molecule has 1 saturated heterocycles. The van der Waals surface area contributed by atoms with Gasteiger partial charge in [-0.25, -0.2) is 8.42 Å². The van der Waals surface area contributed by atoms with Crippen LogP contribution in [0, 0.1) is 0 Å². The zero-order valence-electron chi connectivity index (χ0n) is 11.6. The first-order chi connectivity index (χ1) is 8.48. The van der Waals surface area contributed by atoms with Crippen molar-refractivity contribution < 1.29 is 8.42 Å². The summed E-state index contributed by atoms with van der Waals surface area (Å²) >= 11 is 0. The predicted octanol–water partition coefficient (Wildman–Crippen LogP) is -0.224. The standard InChI is InChI=1S/C12H27N3O2S/c1-3-9-18(16,17)10-8-14-4-6-15(7-5-14)12(2)11-13/h12H,3-11,13H2,1-2H3. The first kappa shape index (κ1) is 15.9. The average molecular weight is 277 g/mol. The first-order valence-corrected chi connectivity index (χ1v) is 8.67. The van der Waals surface area contributed by atoms with Crippen molar-refractivity contribution in [2.75, 3.05) is 50.8 Å². The first-order valence-electron chi connectivity index (χ1n) is 6.85. The molecule has 6 heteroatoms.